The molecular weight excluding hydrogens is 178 g/mol. The second-order valence-electron chi connectivity index (χ2n) is 5.27. The third-order valence-electron chi connectivity index (χ3n) is 3.50. The van der Waals surface area contributed by atoms with E-state index in [2.05, 4.69) is 26.1 Å². The van der Waals surface area contributed by atoms with Crippen LogP contribution in [0.25, 0.3) is 0 Å². The van der Waals surface area contributed by atoms with Crippen LogP contribution in [-0.4, -0.2) is 23.2 Å². The van der Waals surface area contributed by atoms with E-state index in [4.69, 9.17) is 0 Å². The van der Waals surface area contributed by atoms with Gasteiger partial charge in [-0.1, -0.05) is 20.8 Å². The fourth-order valence-corrected chi connectivity index (χ4v) is 1.64. The summed E-state index contributed by atoms with van der Waals surface area (Å²) in [5.41, 5.74) is -0.801. The second kappa shape index (κ2) is 3.54. The molecule has 0 bridgehead atoms. The molecule has 0 heterocycles. The maximum atomic E-state index is 11.3. The van der Waals surface area contributed by atoms with Crippen LogP contribution >= 0.6 is 0 Å². The Labute approximate surface area is 85.9 Å². The van der Waals surface area contributed by atoms with E-state index in [1.54, 1.807) is 0 Å². The summed E-state index contributed by atoms with van der Waals surface area (Å²) in [6, 6.07) is 0. The van der Waals surface area contributed by atoms with Crippen LogP contribution < -0.4 is 5.32 Å². The van der Waals surface area contributed by atoms with Gasteiger partial charge in [-0.05, 0) is 37.6 Å². The van der Waals surface area contributed by atoms with E-state index in [9.17, 15) is 9.90 Å². The SMILES string of the molecule is CC(C)CNC(C)(C(=O)O)C1(C)CC1. The van der Waals surface area contributed by atoms with Crippen LogP contribution in [0.15, 0.2) is 0 Å². The highest BCUT2D eigenvalue weighted by atomic mass is 16.4. The molecule has 14 heavy (non-hydrogen) atoms. The van der Waals surface area contributed by atoms with Crippen LogP contribution in [0.1, 0.15) is 40.5 Å². The van der Waals surface area contributed by atoms with Crippen LogP contribution in [0.2, 0.25) is 0 Å². The molecule has 0 aromatic carbocycles. The molecule has 0 aromatic heterocycles. The molecule has 3 heteroatoms. The molecule has 1 rings (SSSR count). The molecule has 0 spiro atoms. The Bertz CT molecular complexity index is 233. The maximum absolute atomic E-state index is 11.3. The van der Waals surface area contributed by atoms with Crippen LogP contribution in [0.3, 0.4) is 0 Å². The Kier molecular flexibility index (Phi) is 2.91. The summed E-state index contributed by atoms with van der Waals surface area (Å²) in [5, 5.41) is 12.5. The topological polar surface area (TPSA) is 49.3 Å². The summed E-state index contributed by atoms with van der Waals surface area (Å²) in [7, 11) is 0. The van der Waals surface area contributed by atoms with Crippen molar-refractivity contribution in [1.82, 2.24) is 5.32 Å². The molecule has 1 aliphatic carbocycles. The molecule has 1 saturated carbocycles. The largest absolute Gasteiger partial charge is 0.480 e. The summed E-state index contributed by atoms with van der Waals surface area (Å²) in [5.74, 6) is -0.242. The Morgan fingerprint density at radius 3 is 2.36 bits per heavy atom. The molecule has 0 radical (unpaired) electrons. The van der Waals surface area contributed by atoms with Crippen molar-refractivity contribution in [2.45, 2.75) is 46.1 Å². The standard InChI is InChI=1S/C11H21NO2/c1-8(2)7-12-11(4,9(13)14)10(3)5-6-10/h8,12H,5-7H2,1-4H3,(H,13,14). The summed E-state index contributed by atoms with van der Waals surface area (Å²) >= 11 is 0. The van der Waals surface area contributed by atoms with Crippen molar-refractivity contribution < 1.29 is 9.90 Å². The van der Waals surface area contributed by atoms with E-state index < -0.39 is 11.5 Å². The van der Waals surface area contributed by atoms with Gasteiger partial charge >= 0.3 is 5.97 Å². The molecule has 82 valence electrons. The van der Waals surface area contributed by atoms with Gasteiger partial charge in [-0.2, -0.15) is 0 Å². The lowest BCUT2D eigenvalue weighted by Gasteiger charge is -2.33. The van der Waals surface area contributed by atoms with E-state index in [-0.39, 0.29) is 5.41 Å². The number of rotatable bonds is 5. The van der Waals surface area contributed by atoms with Crippen LogP contribution in [0.5, 0.6) is 0 Å². The minimum Gasteiger partial charge on any atom is -0.480 e. The number of hydrogen-bond acceptors (Lipinski definition) is 2. The number of carboxylic acids is 1. The first-order valence-corrected chi connectivity index (χ1v) is 5.30. The number of aliphatic carboxylic acids is 1. The Morgan fingerprint density at radius 1 is 1.57 bits per heavy atom. The first-order valence-electron chi connectivity index (χ1n) is 5.30. The normalized spacial score (nSPS) is 23.2. The minimum absolute atomic E-state index is 0.0479. The first kappa shape index (κ1) is 11.5. The van der Waals surface area contributed by atoms with Crippen LogP contribution in [0, 0.1) is 11.3 Å². The van der Waals surface area contributed by atoms with Crippen molar-refractivity contribution in [3.05, 3.63) is 0 Å². The van der Waals surface area contributed by atoms with Gasteiger partial charge in [-0.25, -0.2) is 0 Å². The van der Waals surface area contributed by atoms with Crippen LogP contribution in [0.4, 0.5) is 0 Å². The zero-order chi connectivity index (χ0) is 11.0. The summed E-state index contributed by atoms with van der Waals surface area (Å²) in [6.07, 6.45) is 2.03. The highest BCUT2D eigenvalue weighted by molar-refractivity contribution is 5.80. The lowest BCUT2D eigenvalue weighted by atomic mass is 9.83. The van der Waals surface area contributed by atoms with Gasteiger partial charge in [-0.15, -0.1) is 0 Å². The molecule has 0 amide bonds. The monoisotopic (exact) mass is 199 g/mol. The Morgan fingerprint density at radius 2 is 2.07 bits per heavy atom. The van der Waals surface area contributed by atoms with Crippen molar-refractivity contribution in [1.29, 1.82) is 0 Å². The van der Waals surface area contributed by atoms with Gasteiger partial charge in [0.1, 0.15) is 5.54 Å². The average Bonchev–Trinajstić information content (AvgIpc) is 2.80. The number of hydrogen-bond donors (Lipinski definition) is 2. The second-order valence-corrected chi connectivity index (χ2v) is 5.27. The summed E-state index contributed by atoms with van der Waals surface area (Å²) < 4.78 is 0. The summed E-state index contributed by atoms with van der Waals surface area (Å²) in [6.45, 7) is 8.80. The van der Waals surface area contributed by atoms with Gasteiger partial charge in [0.2, 0.25) is 0 Å². The predicted molar refractivity (Wildman–Crippen MR) is 56.2 cm³/mol. The van der Waals surface area contributed by atoms with E-state index in [0.717, 1.165) is 19.4 Å². The lowest BCUT2D eigenvalue weighted by Crippen LogP contribution is -2.56. The number of carbonyl (C=O) groups is 1. The maximum Gasteiger partial charge on any atom is 0.324 e. The van der Waals surface area contributed by atoms with Gasteiger partial charge in [-0.3, -0.25) is 4.79 Å². The molecular formula is C11H21NO2. The van der Waals surface area contributed by atoms with E-state index in [1.165, 1.54) is 0 Å². The minimum atomic E-state index is -0.753. The van der Waals surface area contributed by atoms with E-state index in [0.29, 0.717) is 5.92 Å². The van der Waals surface area contributed by atoms with Gasteiger partial charge in [0.15, 0.2) is 0 Å². The van der Waals surface area contributed by atoms with Crippen molar-refractivity contribution in [2.75, 3.05) is 6.54 Å². The zero-order valence-corrected chi connectivity index (χ0v) is 9.55. The quantitative estimate of drug-likeness (QED) is 0.710. The Balaban J connectivity index is 2.68. The highest BCUT2D eigenvalue weighted by Gasteiger charge is 2.57. The van der Waals surface area contributed by atoms with E-state index >= 15 is 0 Å². The average molecular weight is 199 g/mol. The number of carboxylic acid groups (broad SMARTS) is 1. The first-order chi connectivity index (χ1) is 6.32. The fraction of sp³-hybridized carbons (Fsp3) is 0.909. The van der Waals surface area contributed by atoms with Gasteiger partial charge < -0.3 is 10.4 Å². The zero-order valence-electron chi connectivity index (χ0n) is 9.55. The smallest absolute Gasteiger partial charge is 0.324 e. The van der Waals surface area contributed by atoms with Crippen molar-refractivity contribution >= 4 is 5.97 Å². The molecule has 2 N–H and O–H groups in total. The fourth-order valence-electron chi connectivity index (χ4n) is 1.64. The lowest BCUT2D eigenvalue weighted by molar-refractivity contribution is -0.147. The highest BCUT2D eigenvalue weighted by Crippen LogP contribution is 2.53. The molecule has 0 aliphatic heterocycles. The molecule has 1 fully saturated rings. The third-order valence-corrected chi connectivity index (χ3v) is 3.50. The third kappa shape index (κ3) is 1.92. The van der Waals surface area contributed by atoms with Crippen molar-refractivity contribution in [3.63, 3.8) is 0 Å². The van der Waals surface area contributed by atoms with Gasteiger partial charge in [0, 0.05) is 0 Å². The molecule has 0 aromatic rings. The molecule has 1 unspecified atom stereocenters. The van der Waals surface area contributed by atoms with Crippen molar-refractivity contribution in [2.24, 2.45) is 11.3 Å². The summed E-state index contributed by atoms with van der Waals surface area (Å²) in [4.78, 5) is 11.3. The van der Waals surface area contributed by atoms with Crippen molar-refractivity contribution in [3.8, 4) is 0 Å². The predicted octanol–water partition coefficient (Wildman–Crippen LogP) is 1.88. The van der Waals surface area contributed by atoms with Gasteiger partial charge in [0.25, 0.3) is 0 Å². The molecule has 3 nitrogen and oxygen atoms in total. The van der Waals surface area contributed by atoms with Crippen LogP contribution in [-0.2, 0) is 4.79 Å². The molecule has 1 aliphatic rings. The molecule has 1 atom stereocenters. The Hall–Kier alpha value is -0.570. The van der Waals surface area contributed by atoms with Gasteiger partial charge in [0.05, 0.1) is 0 Å². The van der Waals surface area contributed by atoms with E-state index in [1.807, 2.05) is 6.92 Å². The number of nitrogens with one attached hydrogen (secondary N) is 1. The molecule has 0 saturated heterocycles.